The first-order valence-corrected chi connectivity index (χ1v) is 7.64. The van der Waals surface area contributed by atoms with Gasteiger partial charge >= 0.3 is 0 Å². The van der Waals surface area contributed by atoms with Gasteiger partial charge in [0.15, 0.2) is 0 Å². The molecule has 4 atom stereocenters. The quantitative estimate of drug-likeness (QED) is 0.667. The van der Waals surface area contributed by atoms with Crippen molar-refractivity contribution in [2.24, 2.45) is 23.7 Å². The third-order valence-electron chi connectivity index (χ3n) is 5.90. The van der Waals surface area contributed by atoms with Gasteiger partial charge in [-0.15, -0.1) is 0 Å². The first-order valence-electron chi connectivity index (χ1n) is 7.64. The van der Waals surface area contributed by atoms with E-state index in [9.17, 15) is 9.59 Å². The Morgan fingerprint density at radius 3 is 1.89 bits per heavy atom. The van der Waals surface area contributed by atoms with Crippen LogP contribution in [0.4, 0.5) is 0 Å². The summed E-state index contributed by atoms with van der Waals surface area (Å²) in [6.07, 6.45) is 9.25. The molecule has 4 aliphatic rings. The summed E-state index contributed by atoms with van der Waals surface area (Å²) in [7, 11) is 0. The Hall–Kier alpha value is -0.860. The highest BCUT2D eigenvalue weighted by Gasteiger charge is 2.61. The molecule has 1 saturated heterocycles. The van der Waals surface area contributed by atoms with Crippen LogP contribution in [0.15, 0.2) is 0 Å². The molecule has 3 heteroatoms. The van der Waals surface area contributed by atoms with Crippen molar-refractivity contribution in [3.63, 3.8) is 0 Å². The molecule has 0 spiro atoms. The molecule has 2 amide bonds. The highest BCUT2D eigenvalue weighted by atomic mass is 16.2. The topological polar surface area (TPSA) is 37.4 Å². The van der Waals surface area contributed by atoms with Gasteiger partial charge in [0.1, 0.15) is 0 Å². The molecule has 0 N–H and O–H groups in total. The summed E-state index contributed by atoms with van der Waals surface area (Å²) in [6.45, 7) is 0. The van der Waals surface area contributed by atoms with Gasteiger partial charge in [-0.2, -0.15) is 0 Å². The van der Waals surface area contributed by atoms with Crippen LogP contribution in [0.25, 0.3) is 0 Å². The zero-order chi connectivity index (χ0) is 12.3. The molecule has 0 unspecified atom stereocenters. The van der Waals surface area contributed by atoms with Gasteiger partial charge in [0.2, 0.25) is 11.8 Å². The molecule has 4 fully saturated rings. The molecule has 18 heavy (non-hydrogen) atoms. The molecule has 3 nitrogen and oxygen atoms in total. The van der Waals surface area contributed by atoms with Crippen molar-refractivity contribution < 1.29 is 9.59 Å². The predicted octanol–water partition coefficient (Wildman–Crippen LogP) is 2.35. The van der Waals surface area contributed by atoms with Crippen LogP contribution in [-0.2, 0) is 9.59 Å². The van der Waals surface area contributed by atoms with E-state index >= 15 is 0 Å². The third kappa shape index (κ3) is 1.31. The zero-order valence-electron chi connectivity index (χ0n) is 10.8. The molecule has 1 heterocycles. The maximum atomic E-state index is 12.6. The largest absolute Gasteiger partial charge is 0.279 e. The Morgan fingerprint density at radius 2 is 1.33 bits per heavy atom. The van der Waals surface area contributed by atoms with Gasteiger partial charge < -0.3 is 0 Å². The van der Waals surface area contributed by atoms with Crippen molar-refractivity contribution in [3.05, 3.63) is 0 Å². The molecule has 3 aliphatic carbocycles. The van der Waals surface area contributed by atoms with E-state index < -0.39 is 0 Å². The molecule has 0 radical (unpaired) electrons. The maximum absolute atomic E-state index is 12.6. The molecule has 1 aliphatic heterocycles. The van der Waals surface area contributed by atoms with Crippen molar-refractivity contribution in [2.75, 3.05) is 0 Å². The van der Waals surface area contributed by atoms with Crippen molar-refractivity contribution in [2.45, 2.75) is 57.4 Å². The summed E-state index contributed by atoms with van der Waals surface area (Å²) < 4.78 is 0. The Morgan fingerprint density at radius 1 is 0.778 bits per heavy atom. The summed E-state index contributed by atoms with van der Waals surface area (Å²) in [5, 5.41) is 0. The second-order valence-electron chi connectivity index (χ2n) is 6.72. The van der Waals surface area contributed by atoms with Crippen molar-refractivity contribution >= 4 is 11.8 Å². The Kier molecular flexibility index (Phi) is 2.33. The lowest BCUT2D eigenvalue weighted by atomic mass is 9.81. The molecule has 4 rings (SSSR count). The highest BCUT2D eigenvalue weighted by molar-refractivity contribution is 6.06. The number of carbonyl (C=O) groups excluding carboxylic acids is 2. The van der Waals surface area contributed by atoms with Gasteiger partial charge in [0.25, 0.3) is 0 Å². The molecular formula is C15H21NO2. The Balaban J connectivity index is 1.62. The lowest BCUT2D eigenvalue weighted by molar-refractivity contribution is -0.144. The summed E-state index contributed by atoms with van der Waals surface area (Å²) in [4.78, 5) is 26.9. The van der Waals surface area contributed by atoms with Gasteiger partial charge in [0.05, 0.1) is 11.8 Å². The van der Waals surface area contributed by atoms with Crippen LogP contribution in [0.2, 0.25) is 0 Å². The molecule has 3 saturated carbocycles. The fourth-order valence-electron chi connectivity index (χ4n) is 5.13. The van der Waals surface area contributed by atoms with Crippen LogP contribution in [0.1, 0.15) is 51.4 Å². The van der Waals surface area contributed by atoms with Gasteiger partial charge in [-0.25, -0.2) is 0 Å². The standard InChI is InChI=1S/C15H21NO2/c17-14-12-9-6-7-10(8-9)13(12)15(18)16(14)11-4-2-1-3-5-11/h9-13H,1-8H2/t9-,10-,12-,13+/m0/s1. The minimum atomic E-state index is 0.0816. The van der Waals surface area contributed by atoms with Crippen LogP contribution in [-0.4, -0.2) is 22.8 Å². The number of carbonyl (C=O) groups is 2. The lowest BCUT2D eigenvalue weighted by Gasteiger charge is -2.30. The SMILES string of the molecule is O=C1[C@@H]2[C@H]3CC[C@@H](C3)[C@@H]2C(=O)N1C1CCCCC1. The summed E-state index contributed by atoms with van der Waals surface area (Å²) in [5.41, 5.74) is 0. The summed E-state index contributed by atoms with van der Waals surface area (Å²) in [5.74, 6) is 1.62. The highest BCUT2D eigenvalue weighted by Crippen LogP contribution is 2.56. The van der Waals surface area contributed by atoms with E-state index in [1.54, 1.807) is 4.90 Å². The smallest absolute Gasteiger partial charge is 0.233 e. The van der Waals surface area contributed by atoms with Crippen LogP contribution >= 0.6 is 0 Å². The second kappa shape index (κ2) is 3.82. The van der Waals surface area contributed by atoms with Crippen molar-refractivity contribution in [1.82, 2.24) is 4.90 Å². The summed E-state index contributed by atoms with van der Waals surface area (Å²) in [6, 6.07) is 0.240. The van der Waals surface area contributed by atoms with E-state index in [-0.39, 0.29) is 29.7 Å². The van der Waals surface area contributed by atoms with E-state index in [0.717, 1.165) is 19.3 Å². The van der Waals surface area contributed by atoms with Crippen LogP contribution < -0.4 is 0 Å². The number of imide groups is 1. The van der Waals surface area contributed by atoms with E-state index in [0.29, 0.717) is 11.8 Å². The van der Waals surface area contributed by atoms with Crippen molar-refractivity contribution in [1.29, 1.82) is 0 Å². The van der Waals surface area contributed by atoms with E-state index in [1.807, 2.05) is 0 Å². The number of fused-ring (bicyclic) bond motifs is 5. The zero-order valence-corrected chi connectivity index (χ0v) is 10.8. The van der Waals surface area contributed by atoms with E-state index in [1.165, 1.54) is 32.1 Å². The molecule has 0 aromatic heterocycles. The fourth-order valence-corrected chi connectivity index (χ4v) is 5.13. The average Bonchev–Trinajstić information content (AvgIpc) is 3.05. The third-order valence-corrected chi connectivity index (χ3v) is 5.90. The molecule has 0 aromatic rings. The van der Waals surface area contributed by atoms with E-state index in [2.05, 4.69) is 0 Å². The number of amides is 2. The number of hydrogen-bond acceptors (Lipinski definition) is 2. The van der Waals surface area contributed by atoms with Crippen molar-refractivity contribution in [3.8, 4) is 0 Å². The molecular weight excluding hydrogens is 226 g/mol. The van der Waals surface area contributed by atoms with Gasteiger partial charge in [-0.3, -0.25) is 14.5 Å². The second-order valence-corrected chi connectivity index (χ2v) is 6.72. The fraction of sp³-hybridized carbons (Fsp3) is 0.867. The Bertz CT molecular complexity index is 371. The first-order chi connectivity index (χ1) is 8.77. The molecule has 98 valence electrons. The van der Waals surface area contributed by atoms with Gasteiger partial charge in [-0.05, 0) is 43.9 Å². The molecule has 0 aromatic carbocycles. The number of nitrogens with zero attached hydrogens (tertiary/aromatic N) is 1. The monoisotopic (exact) mass is 247 g/mol. The number of likely N-dealkylation sites (tertiary alicyclic amines) is 1. The van der Waals surface area contributed by atoms with Crippen LogP contribution in [0.5, 0.6) is 0 Å². The van der Waals surface area contributed by atoms with E-state index in [4.69, 9.17) is 0 Å². The lowest BCUT2D eigenvalue weighted by Crippen LogP contribution is -2.42. The average molecular weight is 247 g/mol. The minimum Gasteiger partial charge on any atom is -0.279 e. The first kappa shape index (κ1) is 11.0. The Labute approximate surface area is 108 Å². The molecule has 2 bridgehead atoms. The number of hydrogen-bond donors (Lipinski definition) is 0. The minimum absolute atomic E-state index is 0.0816. The van der Waals surface area contributed by atoms with Crippen LogP contribution in [0, 0.1) is 23.7 Å². The van der Waals surface area contributed by atoms with Crippen LogP contribution in [0.3, 0.4) is 0 Å². The van der Waals surface area contributed by atoms with Gasteiger partial charge in [0, 0.05) is 6.04 Å². The predicted molar refractivity (Wildman–Crippen MR) is 66.5 cm³/mol. The summed E-state index contributed by atoms with van der Waals surface area (Å²) >= 11 is 0. The maximum Gasteiger partial charge on any atom is 0.233 e. The van der Waals surface area contributed by atoms with Gasteiger partial charge in [-0.1, -0.05) is 19.3 Å². The normalized spacial score (nSPS) is 43.9. The number of rotatable bonds is 1.